The zero-order valence-electron chi connectivity index (χ0n) is 19.4. The third kappa shape index (κ3) is 4.03. The quantitative estimate of drug-likeness (QED) is 0.552. The van der Waals surface area contributed by atoms with Crippen molar-refractivity contribution in [3.63, 3.8) is 0 Å². The number of rotatable bonds is 3. The molecule has 2 heterocycles. The number of aryl methyl sites for hydroxylation is 1. The number of hydrogen-bond donors (Lipinski definition) is 0. The number of hydrogen-bond acceptors (Lipinski definition) is 6. The van der Waals surface area contributed by atoms with Crippen molar-refractivity contribution in [2.45, 2.75) is 24.8 Å². The highest BCUT2D eigenvalue weighted by atomic mass is 32.2. The molecule has 1 saturated heterocycles. The number of aliphatic imine (C=N–C) groups is 1. The summed E-state index contributed by atoms with van der Waals surface area (Å²) >= 11 is 0. The predicted octanol–water partition coefficient (Wildman–Crippen LogP) is 4.58. The Morgan fingerprint density at radius 2 is 1.82 bits per heavy atom. The van der Waals surface area contributed by atoms with Gasteiger partial charge in [0, 0.05) is 31.7 Å². The highest BCUT2D eigenvalue weighted by Crippen LogP contribution is 2.38. The van der Waals surface area contributed by atoms with Gasteiger partial charge in [0.2, 0.25) is 10.0 Å². The van der Waals surface area contributed by atoms with Crippen molar-refractivity contribution < 1.29 is 17.9 Å². The fourth-order valence-electron chi connectivity index (χ4n) is 4.46. The minimum atomic E-state index is -3.66. The molecule has 2 aliphatic heterocycles. The molecule has 0 bridgehead atoms. The third-order valence-electron chi connectivity index (χ3n) is 6.20. The second-order valence-corrected chi connectivity index (χ2v) is 10.5. The molecule has 176 valence electrons. The first-order chi connectivity index (χ1) is 16.4. The van der Waals surface area contributed by atoms with Crippen molar-refractivity contribution in [1.29, 1.82) is 0 Å². The topological polar surface area (TPSA) is 71.4 Å². The second kappa shape index (κ2) is 8.77. The van der Waals surface area contributed by atoms with Crippen molar-refractivity contribution in [1.82, 2.24) is 9.21 Å². The number of methoxy groups -OCH3 is 1. The summed E-state index contributed by atoms with van der Waals surface area (Å²) in [6.45, 7) is 5.35. The zero-order valence-corrected chi connectivity index (χ0v) is 20.2. The van der Waals surface area contributed by atoms with E-state index in [9.17, 15) is 8.42 Å². The Morgan fingerprint density at radius 3 is 2.62 bits per heavy atom. The van der Waals surface area contributed by atoms with Crippen LogP contribution in [0.1, 0.15) is 18.1 Å². The number of fused-ring (bicyclic) bond motifs is 2. The summed E-state index contributed by atoms with van der Waals surface area (Å²) in [5, 5.41) is 0. The molecule has 8 heteroatoms. The molecule has 0 aromatic heterocycles. The summed E-state index contributed by atoms with van der Waals surface area (Å²) in [6, 6.07) is 20.1. The Kier molecular flexibility index (Phi) is 5.79. The monoisotopic (exact) mass is 477 g/mol. The molecule has 34 heavy (non-hydrogen) atoms. The van der Waals surface area contributed by atoms with Gasteiger partial charge in [-0.2, -0.15) is 4.31 Å². The molecule has 2 aliphatic rings. The lowest BCUT2D eigenvalue weighted by atomic mass is 10.1. The van der Waals surface area contributed by atoms with Crippen LogP contribution in [0.5, 0.6) is 17.2 Å². The average molecular weight is 478 g/mol. The van der Waals surface area contributed by atoms with E-state index in [-0.39, 0.29) is 10.9 Å². The number of para-hydroxylation sites is 2. The summed E-state index contributed by atoms with van der Waals surface area (Å²) in [6.07, 6.45) is 0. The summed E-state index contributed by atoms with van der Waals surface area (Å²) in [4.78, 5) is 7.38. The molecule has 7 nitrogen and oxygen atoms in total. The summed E-state index contributed by atoms with van der Waals surface area (Å²) in [7, 11) is -2.13. The molecule has 1 fully saturated rings. The number of benzene rings is 3. The Hall–Kier alpha value is -3.36. The molecule has 0 N–H and O–H groups in total. The van der Waals surface area contributed by atoms with Gasteiger partial charge in [-0.3, -0.25) is 0 Å². The van der Waals surface area contributed by atoms with Crippen LogP contribution in [0.4, 0.5) is 5.69 Å². The number of piperazine rings is 1. The maximum absolute atomic E-state index is 13.4. The second-order valence-electron chi connectivity index (χ2n) is 8.59. The van der Waals surface area contributed by atoms with E-state index in [1.54, 1.807) is 28.6 Å². The first-order valence-corrected chi connectivity index (χ1v) is 12.7. The van der Waals surface area contributed by atoms with Gasteiger partial charge in [0.15, 0.2) is 5.75 Å². The normalized spacial score (nSPS) is 18.3. The van der Waals surface area contributed by atoms with Gasteiger partial charge in [0.1, 0.15) is 23.0 Å². The van der Waals surface area contributed by atoms with E-state index in [1.165, 1.54) is 7.11 Å². The maximum atomic E-state index is 13.4. The molecular weight excluding hydrogens is 450 g/mol. The van der Waals surface area contributed by atoms with Crippen LogP contribution in [0.15, 0.2) is 76.6 Å². The van der Waals surface area contributed by atoms with Crippen LogP contribution in [-0.4, -0.2) is 56.2 Å². The highest BCUT2D eigenvalue weighted by molar-refractivity contribution is 7.89. The van der Waals surface area contributed by atoms with Gasteiger partial charge in [-0.05, 0) is 50.2 Å². The molecule has 0 unspecified atom stereocenters. The van der Waals surface area contributed by atoms with Crippen molar-refractivity contribution in [3.05, 3.63) is 77.9 Å². The van der Waals surface area contributed by atoms with Crippen molar-refractivity contribution in [2.24, 2.45) is 4.99 Å². The van der Waals surface area contributed by atoms with Crippen LogP contribution in [0.2, 0.25) is 0 Å². The van der Waals surface area contributed by atoms with Gasteiger partial charge in [-0.1, -0.05) is 29.8 Å². The van der Waals surface area contributed by atoms with Crippen LogP contribution in [-0.2, 0) is 10.0 Å². The van der Waals surface area contributed by atoms with Crippen LogP contribution in [0, 0.1) is 6.92 Å². The predicted molar refractivity (Wildman–Crippen MR) is 132 cm³/mol. The van der Waals surface area contributed by atoms with Crippen LogP contribution in [0.25, 0.3) is 0 Å². The fourth-order valence-corrected chi connectivity index (χ4v) is 6.11. The van der Waals surface area contributed by atoms with Crippen LogP contribution in [0.3, 0.4) is 0 Å². The van der Waals surface area contributed by atoms with Gasteiger partial charge < -0.3 is 14.4 Å². The Labute approximate surface area is 200 Å². The average Bonchev–Trinajstić information content (AvgIpc) is 3.00. The molecule has 5 rings (SSSR count). The highest BCUT2D eigenvalue weighted by Gasteiger charge is 2.36. The molecule has 0 saturated carbocycles. The van der Waals surface area contributed by atoms with E-state index in [0.717, 1.165) is 28.4 Å². The molecular formula is C26H27N3O4S. The van der Waals surface area contributed by atoms with Gasteiger partial charge in [-0.25, -0.2) is 13.4 Å². The third-order valence-corrected chi connectivity index (χ3v) is 8.21. The van der Waals surface area contributed by atoms with Crippen molar-refractivity contribution in [3.8, 4) is 17.2 Å². The van der Waals surface area contributed by atoms with Crippen LogP contribution >= 0.6 is 0 Å². The van der Waals surface area contributed by atoms with E-state index in [2.05, 4.69) is 11.0 Å². The molecule has 1 atom stereocenters. The lowest BCUT2D eigenvalue weighted by Gasteiger charge is -2.40. The Balaban J connectivity index is 1.48. The van der Waals surface area contributed by atoms with Crippen LogP contribution < -0.4 is 9.47 Å². The van der Waals surface area contributed by atoms with Gasteiger partial charge in [0.25, 0.3) is 0 Å². The van der Waals surface area contributed by atoms with E-state index in [1.807, 2.05) is 50.2 Å². The van der Waals surface area contributed by atoms with Crippen molar-refractivity contribution >= 4 is 21.5 Å². The van der Waals surface area contributed by atoms with E-state index in [0.29, 0.717) is 31.1 Å². The number of ether oxygens (including phenoxy) is 2. The van der Waals surface area contributed by atoms with E-state index in [4.69, 9.17) is 14.5 Å². The summed E-state index contributed by atoms with van der Waals surface area (Å²) in [5.74, 6) is 2.77. The molecule has 0 aliphatic carbocycles. The minimum Gasteiger partial charge on any atom is -0.497 e. The largest absolute Gasteiger partial charge is 0.497 e. The first-order valence-electron chi connectivity index (χ1n) is 11.2. The maximum Gasteiger partial charge on any atom is 0.243 e. The Bertz CT molecular complexity index is 1370. The Morgan fingerprint density at radius 1 is 1.00 bits per heavy atom. The van der Waals surface area contributed by atoms with Gasteiger partial charge in [-0.15, -0.1) is 0 Å². The zero-order chi connectivity index (χ0) is 23.9. The summed E-state index contributed by atoms with van der Waals surface area (Å²) in [5.41, 5.74) is 2.77. The standard InChI is InChI=1S/C26H27N3O4S/c1-18-11-12-24-22(15-18)26(27-23-9-4-5-10-25(23)33-24)28-13-14-29(19(2)17-28)34(30,31)21-8-6-7-20(16-21)32-3/h4-12,15-16,19H,13-14,17H2,1-3H3/t19-/m0/s1. The molecule has 3 aromatic carbocycles. The van der Waals surface area contributed by atoms with E-state index >= 15 is 0 Å². The molecule has 0 amide bonds. The lowest BCUT2D eigenvalue weighted by Crippen LogP contribution is -2.55. The fraction of sp³-hybridized carbons (Fsp3) is 0.269. The van der Waals surface area contributed by atoms with Gasteiger partial charge in [0.05, 0.1) is 17.6 Å². The minimum absolute atomic E-state index is 0.238. The number of nitrogens with zero attached hydrogens (tertiary/aromatic N) is 3. The molecule has 0 spiro atoms. The van der Waals surface area contributed by atoms with E-state index < -0.39 is 10.0 Å². The summed E-state index contributed by atoms with van der Waals surface area (Å²) < 4.78 is 39.8. The lowest BCUT2D eigenvalue weighted by molar-refractivity contribution is 0.205. The van der Waals surface area contributed by atoms with Gasteiger partial charge >= 0.3 is 0 Å². The number of amidine groups is 1. The van der Waals surface area contributed by atoms with Crippen molar-refractivity contribution in [2.75, 3.05) is 26.7 Å². The molecule has 3 aromatic rings. The SMILES string of the molecule is COc1cccc(S(=O)(=O)N2CCN(C3=Nc4ccccc4Oc4ccc(C)cc43)C[C@@H]2C)c1. The molecule has 0 radical (unpaired) electrons. The number of sulfonamides is 1. The smallest absolute Gasteiger partial charge is 0.243 e. The first kappa shape index (κ1) is 22.4.